The summed E-state index contributed by atoms with van der Waals surface area (Å²) in [6, 6.07) is 0.548. The van der Waals surface area contributed by atoms with Crippen molar-refractivity contribution in [3.8, 4) is 0 Å². The lowest BCUT2D eigenvalue weighted by Crippen LogP contribution is -2.26. The minimum Gasteiger partial charge on any atom is -0.330 e. The number of allylic oxidation sites excluding steroid dienone is 1. The van der Waals surface area contributed by atoms with Crippen LogP contribution in [0.3, 0.4) is 0 Å². The summed E-state index contributed by atoms with van der Waals surface area (Å²) in [7, 11) is 2.03. The van der Waals surface area contributed by atoms with Crippen molar-refractivity contribution in [2.75, 3.05) is 13.6 Å². The lowest BCUT2D eigenvalue weighted by molar-refractivity contribution is 0.548. The molecule has 0 saturated carbocycles. The van der Waals surface area contributed by atoms with Crippen LogP contribution in [0.2, 0.25) is 0 Å². The summed E-state index contributed by atoms with van der Waals surface area (Å²) >= 11 is 0. The van der Waals surface area contributed by atoms with Crippen molar-refractivity contribution in [2.24, 2.45) is 5.73 Å². The Morgan fingerprint density at radius 3 is 2.62 bits per heavy atom. The van der Waals surface area contributed by atoms with E-state index >= 15 is 0 Å². The van der Waals surface area contributed by atoms with Crippen molar-refractivity contribution >= 4 is 0 Å². The molecule has 0 aromatic heterocycles. The number of rotatable bonds is 7. The Balaban J connectivity index is 3.80. The van der Waals surface area contributed by atoms with Gasteiger partial charge in [0.15, 0.2) is 0 Å². The Bertz CT molecular complexity index is 141. The highest BCUT2D eigenvalue weighted by Crippen LogP contribution is 2.09. The molecule has 0 aromatic carbocycles. The summed E-state index contributed by atoms with van der Waals surface area (Å²) in [5.74, 6) is 0. The van der Waals surface area contributed by atoms with Gasteiger partial charge in [0.25, 0.3) is 0 Å². The average Bonchev–Trinajstić information content (AvgIpc) is 2.13. The van der Waals surface area contributed by atoms with Crippen LogP contribution < -0.4 is 11.1 Å². The first kappa shape index (κ1) is 12.7. The van der Waals surface area contributed by atoms with Crippen LogP contribution in [-0.4, -0.2) is 19.6 Å². The van der Waals surface area contributed by atoms with Gasteiger partial charge in [-0.1, -0.05) is 25.0 Å². The van der Waals surface area contributed by atoms with Gasteiger partial charge in [-0.25, -0.2) is 0 Å². The fraction of sp³-hybridized carbons (Fsp3) is 0.818. The molecule has 0 aromatic rings. The first-order valence-electron chi connectivity index (χ1n) is 5.30. The minimum atomic E-state index is 0.548. The molecule has 0 saturated heterocycles. The molecule has 0 aliphatic heterocycles. The monoisotopic (exact) mass is 184 g/mol. The first-order valence-corrected chi connectivity index (χ1v) is 5.30. The molecular formula is C11H24N2. The van der Waals surface area contributed by atoms with Crippen molar-refractivity contribution in [2.45, 2.75) is 45.6 Å². The van der Waals surface area contributed by atoms with E-state index in [9.17, 15) is 0 Å². The molecular weight excluding hydrogens is 160 g/mol. The fourth-order valence-corrected chi connectivity index (χ4v) is 1.56. The lowest BCUT2D eigenvalue weighted by atomic mass is 10.0. The van der Waals surface area contributed by atoms with Gasteiger partial charge < -0.3 is 11.1 Å². The van der Waals surface area contributed by atoms with Gasteiger partial charge in [0, 0.05) is 6.04 Å². The maximum atomic E-state index is 5.46. The molecule has 0 heterocycles. The predicted molar refractivity (Wildman–Crippen MR) is 59.8 cm³/mol. The normalized spacial score (nSPS) is 14.6. The third-order valence-corrected chi connectivity index (χ3v) is 2.37. The van der Waals surface area contributed by atoms with Crippen molar-refractivity contribution in [1.82, 2.24) is 5.32 Å². The fourth-order valence-electron chi connectivity index (χ4n) is 1.56. The molecule has 0 amide bonds. The first-order chi connectivity index (χ1) is 6.26. The molecule has 0 fully saturated rings. The second-order valence-corrected chi connectivity index (χ2v) is 3.48. The number of nitrogens with one attached hydrogen (secondary N) is 1. The molecule has 13 heavy (non-hydrogen) atoms. The van der Waals surface area contributed by atoms with Crippen molar-refractivity contribution in [3.05, 3.63) is 11.6 Å². The maximum Gasteiger partial charge on any atom is 0.0273 e. The number of likely N-dealkylation sites (N-methyl/N-ethyl adjacent to an activating group) is 1. The Morgan fingerprint density at radius 1 is 1.46 bits per heavy atom. The topological polar surface area (TPSA) is 38.0 Å². The molecule has 78 valence electrons. The molecule has 2 nitrogen and oxygen atoms in total. The zero-order valence-electron chi connectivity index (χ0n) is 9.27. The van der Waals surface area contributed by atoms with Crippen molar-refractivity contribution in [3.63, 3.8) is 0 Å². The van der Waals surface area contributed by atoms with Gasteiger partial charge in [-0.2, -0.15) is 0 Å². The van der Waals surface area contributed by atoms with Crippen molar-refractivity contribution in [1.29, 1.82) is 0 Å². The van der Waals surface area contributed by atoms with E-state index < -0.39 is 0 Å². The molecule has 0 rings (SSSR count). The second-order valence-electron chi connectivity index (χ2n) is 3.48. The molecule has 1 unspecified atom stereocenters. The zero-order chi connectivity index (χ0) is 10.1. The third-order valence-electron chi connectivity index (χ3n) is 2.37. The SMILES string of the molecule is CCC=C(C)C(CCCCN)NC. The molecule has 0 aliphatic rings. The highest BCUT2D eigenvalue weighted by Gasteiger charge is 2.06. The van der Waals surface area contributed by atoms with E-state index in [1.807, 2.05) is 7.05 Å². The quantitative estimate of drug-likeness (QED) is 0.469. The van der Waals surface area contributed by atoms with Crippen LogP contribution in [0.5, 0.6) is 0 Å². The number of unbranched alkanes of at least 4 members (excludes halogenated alkanes) is 1. The lowest BCUT2D eigenvalue weighted by Gasteiger charge is -2.16. The summed E-state index contributed by atoms with van der Waals surface area (Å²) < 4.78 is 0. The molecule has 2 heteroatoms. The molecule has 3 N–H and O–H groups in total. The van der Waals surface area contributed by atoms with E-state index in [4.69, 9.17) is 5.73 Å². The highest BCUT2D eigenvalue weighted by molar-refractivity contribution is 5.06. The smallest absolute Gasteiger partial charge is 0.0273 e. The van der Waals surface area contributed by atoms with Crippen LogP contribution in [-0.2, 0) is 0 Å². The second kappa shape index (κ2) is 8.27. The predicted octanol–water partition coefficient (Wildman–Crippen LogP) is 2.06. The summed E-state index contributed by atoms with van der Waals surface area (Å²) in [6.07, 6.45) is 6.98. The van der Waals surface area contributed by atoms with Crippen LogP contribution in [0.1, 0.15) is 39.5 Å². The van der Waals surface area contributed by atoms with Gasteiger partial charge in [0.05, 0.1) is 0 Å². The van der Waals surface area contributed by atoms with Gasteiger partial charge >= 0.3 is 0 Å². The van der Waals surface area contributed by atoms with Crippen LogP contribution in [0.15, 0.2) is 11.6 Å². The number of nitrogens with two attached hydrogens (primary N) is 1. The van der Waals surface area contributed by atoms with Crippen LogP contribution in [0, 0.1) is 0 Å². The molecule has 0 radical (unpaired) electrons. The molecule has 0 spiro atoms. The van der Waals surface area contributed by atoms with Gasteiger partial charge in [-0.3, -0.25) is 0 Å². The largest absolute Gasteiger partial charge is 0.330 e. The standard InChI is InChI=1S/C11H24N2/c1-4-7-10(2)11(13-3)8-5-6-9-12/h7,11,13H,4-6,8-9,12H2,1-3H3. The van der Waals surface area contributed by atoms with Gasteiger partial charge in [0.1, 0.15) is 0 Å². The summed E-state index contributed by atoms with van der Waals surface area (Å²) in [6.45, 7) is 5.19. The Kier molecular flexibility index (Phi) is 8.05. The average molecular weight is 184 g/mol. The highest BCUT2D eigenvalue weighted by atomic mass is 14.9. The van der Waals surface area contributed by atoms with E-state index in [1.165, 1.54) is 18.4 Å². The number of hydrogen-bond acceptors (Lipinski definition) is 2. The molecule has 0 bridgehead atoms. The van der Waals surface area contributed by atoms with E-state index in [-0.39, 0.29) is 0 Å². The van der Waals surface area contributed by atoms with E-state index in [2.05, 4.69) is 25.2 Å². The third kappa shape index (κ3) is 5.83. The molecule has 0 aliphatic carbocycles. The van der Waals surface area contributed by atoms with Gasteiger partial charge in [-0.15, -0.1) is 0 Å². The van der Waals surface area contributed by atoms with E-state index in [0.29, 0.717) is 6.04 Å². The van der Waals surface area contributed by atoms with Gasteiger partial charge in [-0.05, 0) is 39.8 Å². The molecule has 1 atom stereocenters. The van der Waals surface area contributed by atoms with E-state index in [0.717, 1.165) is 19.4 Å². The minimum absolute atomic E-state index is 0.548. The number of hydrogen-bond donors (Lipinski definition) is 2. The zero-order valence-corrected chi connectivity index (χ0v) is 9.27. The Labute approximate surface area is 82.6 Å². The Hall–Kier alpha value is -0.340. The van der Waals surface area contributed by atoms with E-state index in [1.54, 1.807) is 0 Å². The van der Waals surface area contributed by atoms with Crippen LogP contribution in [0.4, 0.5) is 0 Å². The van der Waals surface area contributed by atoms with Gasteiger partial charge in [0.2, 0.25) is 0 Å². The maximum absolute atomic E-state index is 5.46. The summed E-state index contributed by atoms with van der Waals surface area (Å²) in [5, 5.41) is 3.34. The van der Waals surface area contributed by atoms with Crippen molar-refractivity contribution < 1.29 is 0 Å². The summed E-state index contributed by atoms with van der Waals surface area (Å²) in [4.78, 5) is 0. The summed E-state index contributed by atoms with van der Waals surface area (Å²) in [5.41, 5.74) is 6.92. The van der Waals surface area contributed by atoms with Crippen LogP contribution in [0.25, 0.3) is 0 Å². The van der Waals surface area contributed by atoms with Crippen LogP contribution >= 0.6 is 0 Å². The Morgan fingerprint density at radius 2 is 2.15 bits per heavy atom.